The van der Waals surface area contributed by atoms with Crippen molar-refractivity contribution in [2.24, 2.45) is 0 Å². The zero-order valence-electron chi connectivity index (χ0n) is 9.68. The average molecular weight is 215 g/mol. The van der Waals surface area contributed by atoms with Crippen LogP contribution in [0.3, 0.4) is 0 Å². The summed E-state index contributed by atoms with van der Waals surface area (Å²) in [6.45, 7) is 5.46. The molecule has 1 heterocycles. The Morgan fingerprint density at radius 1 is 1.06 bits per heavy atom. The van der Waals surface area contributed by atoms with Gasteiger partial charge in [-0.1, -0.05) is 42.5 Å². The molecule has 1 saturated heterocycles. The van der Waals surface area contributed by atoms with E-state index >= 15 is 0 Å². The van der Waals surface area contributed by atoms with E-state index in [9.17, 15) is 0 Å². The maximum atomic E-state index is 3.95. The summed E-state index contributed by atoms with van der Waals surface area (Å²) in [6.07, 6.45) is 4.44. The van der Waals surface area contributed by atoms with Gasteiger partial charge in [-0.2, -0.15) is 0 Å². The lowest BCUT2D eigenvalue weighted by molar-refractivity contribution is 0.180. The monoisotopic (exact) mass is 215 g/mol. The summed E-state index contributed by atoms with van der Waals surface area (Å²) in [7, 11) is 3.95. The van der Waals surface area contributed by atoms with Gasteiger partial charge in [-0.15, -0.1) is 0 Å². The Balaban J connectivity index is 1.77. The lowest BCUT2D eigenvalue weighted by Crippen LogP contribution is -2.43. The van der Waals surface area contributed by atoms with Gasteiger partial charge in [-0.05, 0) is 18.7 Å². The molecular weight excluding hydrogens is 196 g/mol. The van der Waals surface area contributed by atoms with Gasteiger partial charge in [-0.3, -0.25) is 11.9 Å². The molecule has 1 aromatic carbocycles. The SMILES string of the molecule is [CH2-]N1CCN(CC=Cc2ccccc2)CC1. The van der Waals surface area contributed by atoms with E-state index in [1.807, 2.05) is 6.07 Å². The lowest BCUT2D eigenvalue weighted by atomic mass is 10.2. The maximum Gasteiger partial charge on any atom is 0.0167 e. The third-order valence-electron chi connectivity index (χ3n) is 2.94. The highest BCUT2D eigenvalue weighted by atomic mass is 15.2. The first-order valence-electron chi connectivity index (χ1n) is 5.84. The molecule has 0 aliphatic carbocycles. The van der Waals surface area contributed by atoms with E-state index in [2.05, 4.69) is 53.3 Å². The van der Waals surface area contributed by atoms with Crippen LogP contribution in [-0.2, 0) is 0 Å². The fourth-order valence-electron chi connectivity index (χ4n) is 1.87. The number of rotatable bonds is 3. The van der Waals surface area contributed by atoms with Crippen molar-refractivity contribution in [2.45, 2.75) is 0 Å². The molecule has 16 heavy (non-hydrogen) atoms. The minimum Gasteiger partial charge on any atom is -0.457 e. The van der Waals surface area contributed by atoms with Crippen molar-refractivity contribution in [1.29, 1.82) is 0 Å². The van der Waals surface area contributed by atoms with Crippen molar-refractivity contribution in [3.8, 4) is 0 Å². The van der Waals surface area contributed by atoms with Crippen LogP contribution >= 0.6 is 0 Å². The number of hydrogen-bond acceptors (Lipinski definition) is 2. The molecule has 0 spiro atoms. The standard InChI is InChI=1S/C14H19N2/c1-15-10-12-16(13-11-15)9-5-8-14-6-3-2-4-7-14/h2-8H,1,9-13H2/q-1. The molecule has 2 nitrogen and oxygen atoms in total. The normalized spacial score (nSPS) is 19.3. The fraction of sp³-hybridized carbons (Fsp3) is 0.357. The van der Waals surface area contributed by atoms with Crippen molar-refractivity contribution in [1.82, 2.24) is 9.80 Å². The van der Waals surface area contributed by atoms with E-state index < -0.39 is 0 Å². The summed E-state index contributed by atoms with van der Waals surface area (Å²) < 4.78 is 0. The molecule has 1 aliphatic rings. The molecule has 0 atom stereocenters. The van der Waals surface area contributed by atoms with Gasteiger partial charge in [0.1, 0.15) is 0 Å². The fourth-order valence-corrected chi connectivity index (χ4v) is 1.87. The molecule has 2 rings (SSSR count). The highest BCUT2D eigenvalue weighted by molar-refractivity contribution is 5.48. The number of piperazine rings is 1. The van der Waals surface area contributed by atoms with Crippen molar-refractivity contribution < 1.29 is 0 Å². The molecule has 0 N–H and O–H groups in total. The minimum absolute atomic E-state index is 1.04. The third kappa shape index (κ3) is 3.47. The molecule has 0 unspecified atom stereocenters. The van der Waals surface area contributed by atoms with Crippen LogP contribution in [0.5, 0.6) is 0 Å². The molecule has 1 aromatic rings. The minimum atomic E-state index is 1.04. The van der Waals surface area contributed by atoms with E-state index in [-0.39, 0.29) is 0 Å². The van der Waals surface area contributed by atoms with Crippen LogP contribution in [-0.4, -0.2) is 42.5 Å². The summed E-state index contributed by atoms with van der Waals surface area (Å²) >= 11 is 0. The van der Waals surface area contributed by atoms with Crippen molar-refractivity contribution >= 4 is 6.08 Å². The number of hydrogen-bond donors (Lipinski definition) is 0. The predicted molar refractivity (Wildman–Crippen MR) is 68.8 cm³/mol. The summed E-state index contributed by atoms with van der Waals surface area (Å²) in [5.74, 6) is 0. The smallest absolute Gasteiger partial charge is 0.0167 e. The van der Waals surface area contributed by atoms with Crippen molar-refractivity contribution in [3.63, 3.8) is 0 Å². The predicted octanol–water partition coefficient (Wildman–Crippen LogP) is 2.11. The highest BCUT2D eigenvalue weighted by Crippen LogP contribution is 2.03. The molecule has 86 valence electrons. The molecule has 1 aliphatic heterocycles. The molecular formula is C14H19N2-. The largest absolute Gasteiger partial charge is 0.457 e. The van der Waals surface area contributed by atoms with Gasteiger partial charge in [0, 0.05) is 19.6 Å². The van der Waals surface area contributed by atoms with Gasteiger partial charge in [0.15, 0.2) is 0 Å². The summed E-state index contributed by atoms with van der Waals surface area (Å²) in [5.41, 5.74) is 1.28. The average Bonchev–Trinajstić information content (AvgIpc) is 2.33. The Morgan fingerprint density at radius 3 is 2.44 bits per heavy atom. The van der Waals surface area contributed by atoms with Crippen LogP contribution in [0, 0.1) is 7.05 Å². The van der Waals surface area contributed by atoms with Crippen LogP contribution in [0.1, 0.15) is 5.56 Å². The van der Waals surface area contributed by atoms with Crippen LogP contribution in [0.4, 0.5) is 0 Å². The van der Waals surface area contributed by atoms with E-state index in [1.54, 1.807) is 0 Å². The second-order valence-corrected chi connectivity index (χ2v) is 4.23. The zero-order chi connectivity index (χ0) is 11.2. The second kappa shape index (κ2) is 5.83. The number of benzene rings is 1. The molecule has 0 bridgehead atoms. The maximum absolute atomic E-state index is 3.95. The Bertz CT molecular complexity index is 324. The lowest BCUT2D eigenvalue weighted by Gasteiger charge is -2.36. The Kier molecular flexibility index (Phi) is 4.14. The van der Waals surface area contributed by atoms with Gasteiger partial charge < -0.3 is 4.90 Å². The molecule has 0 amide bonds. The van der Waals surface area contributed by atoms with Crippen molar-refractivity contribution in [2.75, 3.05) is 32.7 Å². The van der Waals surface area contributed by atoms with Crippen LogP contribution in [0.15, 0.2) is 36.4 Å². The first-order valence-corrected chi connectivity index (χ1v) is 5.84. The van der Waals surface area contributed by atoms with Gasteiger partial charge >= 0.3 is 0 Å². The van der Waals surface area contributed by atoms with Gasteiger partial charge in [0.25, 0.3) is 0 Å². The van der Waals surface area contributed by atoms with Gasteiger partial charge in [0.2, 0.25) is 0 Å². The molecule has 1 fully saturated rings. The molecule has 0 saturated carbocycles. The van der Waals surface area contributed by atoms with Gasteiger partial charge in [-0.25, -0.2) is 0 Å². The number of nitrogens with zero attached hydrogens (tertiary/aromatic N) is 2. The van der Waals surface area contributed by atoms with Crippen LogP contribution in [0.2, 0.25) is 0 Å². The van der Waals surface area contributed by atoms with E-state index in [0.29, 0.717) is 0 Å². The Labute approximate surface area is 98.2 Å². The van der Waals surface area contributed by atoms with Crippen LogP contribution < -0.4 is 0 Å². The second-order valence-electron chi connectivity index (χ2n) is 4.23. The first-order chi connectivity index (χ1) is 7.84. The highest BCUT2D eigenvalue weighted by Gasteiger charge is 2.08. The van der Waals surface area contributed by atoms with Gasteiger partial charge in [0.05, 0.1) is 0 Å². The van der Waals surface area contributed by atoms with E-state index in [0.717, 1.165) is 32.7 Å². The third-order valence-corrected chi connectivity index (χ3v) is 2.94. The Hall–Kier alpha value is -1.12. The topological polar surface area (TPSA) is 6.48 Å². The van der Waals surface area contributed by atoms with E-state index in [1.165, 1.54) is 5.56 Å². The molecule has 0 radical (unpaired) electrons. The summed E-state index contributed by atoms with van der Waals surface area (Å²) in [4.78, 5) is 4.60. The first kappa shape index (κ1) is 11.4. The van der Waals surface area contributed by atoms with Crippen LogP contribution in [0.25, 0.3) is 6.08 Å². The van der Waals surface area contributed by atoms with Crippen molar-refractivity contribution in [3.05, 3.63) is 49.0 Å². The van der Waals surface area contributed by atoms with E-state index in [4.69, 9.17) is 0 Å². The molecule has 2 heteroatoms. The quantitative estimate of drug-likeness (QED) is 0.713. The molecule has 0 aromatic heterocycles. The zero-order valence-corrected chi connectivity index (χ0v) is 9.68. The summed E-state index contributed by atoms with van der Waals surface area (Å²) in [6, 6.07) is 10.4. The summed E-state index contributed by atoms with van der Waals surface area (Å²) in [5, 5.41) is 0. The Morgan fingerprint density at radius 2 is 1.75 bits per heavy atom.